The van der Waals surface area contributed by atoms with E-state index in [1.165, 1.54) is 16.7 Å². The maximum Gasteiger partial charge on any atom is 0.322 e. The van der Waals surface area contributed by atoms with E-state index in [4.69, 9.17) is 0 Å². The molecule has 0 aromatic heterocycles. The van der Waals surface area contributed by atoms with Crippen molar-refractivity contribution < 1.29 is 4.79 Å². The van der Waals surface area contributed by atoms with Crippen molar-refractivity contribution >= 4 is 17.8 Å². The molecular formula is C26H26N2O. The van der Waals surface area contributed by atoms with Gasteiger partial charge in [0.15, 0.2) is 0 Å². The Hall–Kier alpha value is -3.33. The Morgan fingerprint density at radius 2 is 1.52 bits per heavy atom. The van der Waals surface area contributed by atoms with Gasteiger partial charge >= 0.3 is 6.03 Å². The minimum Gasteiger partial charge on any atom is -0.316 e. The van der Waals surface area contributed by atoms with E-state index in [2.05, 4.69) is 59.9 Å². The van der Waals surface area contributed by atoms with Crippen LogP contribution in [0, 0.1) is 0 Å². The van der Waals surface area contributed by atoms with Crippen molar-refractivity contribution in [1.29, 1.82) is 0 Å². The lowest BCUT2D eigenvalue weighted by Crippen LogP contribution is -2.30. The molecule has 146 valence electrons. The highest BCUT2D eigenvalue weighted by molar-refractivity contribution is 5.89. The Morgan fingerprint density at radius 1 is 0.862 bits per heavy atom. The summed E-state index contributed by atoms with van der Waals surface area (Å²) in [6, 6.07) is 26.8. The number of hydrogen-bond acceptors (Lipinski definition) is 1. The van der Waals surface area contributed by atoms with E-state index in [-0.39, 0.29) is 6.03 Å². The molecule has 3 heteroatoms. The van der Waals surface area contributed by atoms with Crippen molar-refractivity contribution in [2.75, 3.05) is 5.32 Å². The van der Waals surface area contributed by atoms with Crippen LogP contribution in [-0.2, 0) is 19.5 Å². The zero-order valence-electron chi connectivity index (χ0n) is 16.6. The van der Waals surface area contributed by atoms with E-state index >= 15 is 0 Å². The smallest absolute Gasteiger partial charge is 0.316 e. The van der Waals surface area contributed by atoms with E-state index in [1.54, 1.807) is 0 Å². The number of nitrogens with zero attached hydrogens (tertiary/aromatic N) is 1. The average molecular weight is 383 g/mol. The molecule has 3 aromatic carbocycles. The summed E-state index contributed by atoms with van der Waals surface area (Å²) in [7, 11) is 0. The van der Waals surface area contributed by atoms with Gasteiger partial charge < -0.3 is 10.2 Å². The molecule has 0 fully saturated rings. The maximum atomic E-state index is 12.5. The first-order valence-electron chi connectivity index (χ1n) is 10.2. The fraction of sp³-hybridized carbons (Fsp3) is 0.192. The second kappa shape index (κ2) is 9.24. The summed E-state index contributed by atoms with van der Waals surface area (Å²) in [6.45, 7) is 1.34. The number of amides is 2. The number of benzene rings is 3. The third-order valence-electron chi connectivity index (χ3n) is 5.28. The molecule has 0 aliphatic carbocycles. The number of fused-ring (bicyclic) bond motifs is 1. The standard InChI is InChI=1S/C26H26N2O/c29-26(28-19-23-13-7-8-14-24(23)20-28)27-25-17-15-22(16-18-25)12-6-2-5-11-21-9-3-1-4-10-21/h1,3-4,6-10,12-18H,2,5,11,19-20H2,(H,27,29). The summed E-state index contributed by atoms with van der Waals surface area (Å²) in [5.74, 6) is 0. The molecule has 3 nitrogen and oxygen atoms in total. The summed E-state index contributed by atoms with van der Waals surface area (Å²) >= 11 is 0. The molecule has 4 rings (SSSR count). The normalized spacial score (nSPS) is 12.9. The number of anilines is 1. The van der Waals surface area contributed by atoms with Gasteiger partial charge in [-0.05, 0) is 53.6 Å². The van der Waals surface area contributed by atoms with Crippen molar-refractivity contribution in [2.45, 2.75) is 32.4 Å². The molecule has 0 atom stereocenters. The summed E-state index contributed by atoms with van der Waals surface area (Å²) in [6.07, 6.45) is 7.68. The maximum absolute atomic E-state index is 12.5. The van der Waals surface area contributed by atoms with Crippen LogP contribution in [0.15, 0.2) is 84.9 Å². The van der Waals surface area contributed by atoms with Crippen molar-refractivity contribution in [3.05, 3.63) is 107 Å². The van der Waals surface area contributed by atoms with Crippen molar-refractivity contribution in [1.82, 2.24) is 4.90 Å². The molecule has 1 heterocycles. The summed E-state index contributed by atoms with van der Waals surface area (Å²) in [4.78, 5) is 14.4. The van der Waals surface area contributed by atoms with Crippen molar-refractivity contribution in [2.24, 2.45) is 0 Å². The Bertz CT molecular complexity index is 952. The number of aryl methyl sites for hydroxylation is 1. The zero-order valence-corrected chi connectivity index (χ0v) is 16.6. The van der Waals surface area contributed by atoms with Gasteiger partial charge in [0.05, 0.1) is 0 Å². The number of allylic oxidation sites excluding steroid dienone is 1. The molecule has 0 saturated carbocycles. The lowest BCUT2D eigenvalue weighted by Gasteiger charge is -2.16. The molecular weight excluding hydrogens is 356 g/mol. The van der Waals surface area contributed by atoms with Crippen LogP contribution in [0.4, 0.5) is 10.5 Å². The van der Waals surface area contributed by atoms with Gasteiger partial charge in [-0.3, -0.25) is 0 Å². The predicted octanol–water partition coefficient (Wildman–Crippen LogP) is 6.27. The topological polar surface area (TPSA) is 32.3 Å². The van der Waals surface area contributed by atoms with Crippen LogP contribution < -0.4 is 5.32 Å². The van der Waals surface area contributed by atoms with Crippen molar-refractivity contribution in [3.8, 4) is 0 Å². The number of carbonyl (C=O) groups is 1. The molecule has 0 unspecified atom stereocenters. The molecule has 0 spiro atoms. The SMILES string of the molecule is O=C(Nc1ccc(C=CCCCc2ccccc2)cc1)N1Cc2ccccc2C1. The highest BCUT2D eigenvalue weighted by atomic mass is 16.2. The quantitative estimate of drug-likeness (QED) is 0.501. The first-order chi connectivity index (χ1) is 14.3. The minimum absolute atomic E-state index is 0.0506. The molecule has 0 radical (unpaired) electrons. The van der Waals surface area contributed by atoms with Gasteiger partial charge in [0.1, 0.15) is 0 Å². The number of nitrogens with one attached hydrogen (secondary N) is 1. The zero-order chi connectivity index (χ0) is 19.9. The average Bonchev–Trinajstić information content (AvgIpc) is 3.20. The Balaban J connectivity index is 1.23. The molecule has 3 aromatic rings. The lowest BCUT2D eigenvalue weighted by atomic mass is 10.1. The van der Waals surface area contributed by atoms with Crippen LogP contribution in [0.3, 0.4) is 0 Å². The van der Waals surface area contributed by atoms with Gasteiger partial charge in [0, 0.05) is 18.8 Å². The monoisotopic (exact) mass is 382 g/mol. The molecule has 29 heavy (non-hydrogen) atoms. The van der Waals surface area contributed by atoms with Gasteiger partial charge in [-0.2, -0.15) is 0 Å². The second-order valence-electron chi connectivity index (χ2n) is 7.46. The first-order valence-corrected chi connectivity index (χ1v) is 10.2. The predicted molar refractivity (Wildman–Crippen MR) is 120 cm³/mol. The molecule has 1 aliphatic heterocycles. The largest absolute Gasteiger partial charge is 0.322 e. The number of urea groups is 1. The van der Waals surface area contributed by atoms with Crippen LogP contribution in [0.2, 0.25) is 0 Å². The van der Waals surface area contributed by atoms with Crippen LogP contribution in [-0.4, -0.2) is 10.9 Å². The number of rotatable bonds is 6. The van der Waals surface area contributed by atoms with Crippen LogP contribution >= 0.6 is 0 Å². The van der Waals surface area contributed by atoms with Crippen molar-refractivity contribution in [3.63, 3.8) is 0 Å². The van der Waals surface area contributed by atoms with Gasteiger partial charge in [-0.15, -0.1) is 0 Å². The van der Waals surface area contributed by atoms with E-state index in [9.17, 15) is 4.79 Å². The number of unbranched alkanes of at least 4 members (excludes halogenated alkanes) is 1. The van der Waals surface area contributed by atoms with Gasteiger partial charge in [0.25, 0.3) is 0 Å². The summed E-state index contributed by atoms with van der Waals surface area (Å²) in [5.41, 5.74) is 5.83. The first kappa shape index (κ1) is 19.0. The molecule has 1 aliphatic rings. The van der Waals surface area contributed by atoms with Crippen LogP contribution in [0.5, 0.6) is 0 Å². The van der Waals surface area contributed by atoms with Crippen LogP contribution in [0.1, 0.15) is 35.1 Å². The molecule has 2 amide bonds. The van der Waals surface area contributed by atoms with E-state index in [0.29, 0.717) is 13.1 Å². The number of hydrogen-bond donors (Lipinski definition) is 1. The third kappa shape index (κ3) is 5.14. The van der Waals surface area contributed by atoms with Gasteiger partial charge in [-0.1, -0.05) is 78.9 Å². The molecule has 0 bridgehead atoms. The molecule has 0 saturated heterocycles. The van der Waals surface area contributed by atoms with E-state index < -0.39 is 0 Å². The van der Waals surface area contributed by atoms with Crippen LogP contribution in [0.25, 0.3) is 6.08 Å². The Kier molecular flexibility index (Phi) is 6.06. The van der Waals surface area contributed by atoms with Gasteiger partial charge in [0.2, 0.25) is 0 Å². The molecule has 1 N–H and O–H groups in total. The summed E-state index contributed by atoms with van der Waals surface area (Å²) < 4.78 is 0. The Morgan fingerprint density at radius 3 is 2.21 bits per heavy atom. The summed E-state index contributed by atoms with van der Waals surface area (Å²) in [5, 5.41) is 3.00. The fourth-order valence-electron chi connectivity index (χ4n) is 3.64. The Labute approximate surface area is 172 Å². The second-order valence-corrected chi connectivity index (χ2v) is 7.46. The van der Waals surface area contributed by atoms with Gasteiger partial charge in [-0.25, -0.2) is 4.79 Å². The lowest BCUT2D eigenvalue weighted by molar-refractivity contribution is 0.212. The van der Waals surface area contributed by atoms with E-state index in [1.807, 2.05) is 41.3 Å². The van der Waals surface area contributed by atoms with E-state index in [0.717, 1.165) is 30.5 Å². The fourth-order valence-corrected chi connectivity index (χ4v) is 3.64. The highest BCUT2D eigenvalue weighted by Crippen LogP contribution is 2.23. The minimum atomic E-state index is -0.0506. The highest BCUT2D eigenvalue weighted by Gasteiger charge is 2.22. The number of carbonyl (C=O) groups excluding carboxylic acids is 1. The third-order valence-corrected chi connectivity index (χ3v) is 5.28.